The predicted molar refractivity (Wildman–Crippen MR) is 82.4 cm³/mol. The second-order valence-electron chi connectivity index (χ2n) is 5.42. The molecule has 0 spiro atoms. The van der Waals surface area contributed by atoms with Crippen molar-refractivity contribution in [2.24, 2.45) is 5.73 Å². The van der Waals surface area contributed by atoms with Crippen LogP contribution in [0.25, 0.3) is 10.9 Å². The molecule has 0 amide bonds. The van der Waals surface area contributed by atoms with Gasteiger partial charge < -0.3 is 5.73 Å². The van der Waals surface area contributed by atoms with Crippen molar-refractivity contribution in [1.82, 2.24) is 9.29 Å². The van der Waals surface area contributed by atoms with Gasteiger partial charge in [-0.1, -0.05) is 6.07 Å². The minimum atomic E-state index is -3.53. The van der Waals surface area contributed by atoms with E-state index in [9.17, 15) is 8.42 Å². The maximum absolute atomic E-state index is 13.0. The normalized spacial score (nSPS) is 15.8. The predicted octanol–water partition coefficient (Wildman–Crippen LogP) is 1.66. The molecule has 1 aliphatic rings. The van der Waals surface area contributed by atoms with E-state index in [0.717, 1.165) is 23.9 Å². The highest BCUT2D eigenvalue weighted by Crippen LogP contribution is 2.34. The van der Waals surface area contributed by atoms with Crippen LogP contribution in [-0.4, -0.2) is 36.8 Å². The first-order valence-electron chi connectivity index (χ1n) is 7.12. The second kappa shape index (κ2) is 5.36. The molecule has 5 nitrogen and oxygen atoms in total. The van der Waals surface area contributed by atoms with E-state index in [0.29, 0.717) is 23.4 Å². The number of benzene rings is 1. The van der Waals surface area contributed by atoms with Gasteiger partial charge in [0.1, 0.15) is 0 Å². The summed E-state index contributed by atoms with van der Waals surface area (Å²) < 4.78 is 27.5. The van der Waals surface area contributed by atoms with Crippen molar-refractivity contribution in [2.75, 3.05) is 13.1 Å². The Morgan fingerprint density at radius 3 is 2.76 bits per heavy atom. The summed E-state index contributed by atoms with van der Waals surface area (Å²) in [5.41, 5.74) is 7.30. The van der Waals surface area contributed by atoms with Crippen LogP contribution >= 0.6 is 0 Å². The molecule has 0 saturated heterocycles. The van der Waals surface area contributed by atoms with E-state index < -0.39 is 10.0 Å². The van der Waals surface area contributed by atoms with Gasteiger partial charge in [-0.3, -0.25) is 4.98 Å². The van der Waals surface area contributed by atoms with Crippen LogP contribution in [0.2, 0.25) is 0 Å². The first-order chi connectivity index (χ1) is 10.1. The molecule has 0 bridgehead atoms. The van der Waals surface area contributed by atoms with Gasteiger partial charge in [-0.25, -0.2) is 8.42 Å². The largest absolute Gasteiger partial charge is 0.329 e. The lowest BCUT2D eigenvalue weighted by atomic mass is 10.1. The van der Waals surface area contributed by atoms with E-state index in [-0.39, 0.29) is 6.04 Å². The smallest absolute Gasteiger partial charge is 0.244 e. The Morgan fingerprint density at radius 2 is 2.10 bits per heavy atom. The van der Waals surface area contributed by atoms with Gasteiger partial charge >= 0.3 is 0 Å². The van der Waals surface area contributed by atoms with Crippen molar-refractivity contribution >= 4 is 20.9 Å². The number of hydrogen-bond acceptors (Lipinski definition) is 4. The molecule has 1 saturated carbocycles. The Labute approximate surface area is 124 Å². The zero-order chi connectivity index (χ0) is 15.0. The van der Waals surface area contributed by atoms with E-state index in [1.165, 1.54) is 0 Å². The number of rotatable bonds is 5. The summed E-state index contributed by atoms with van der Waals surface area (Å²) in [6.07, 6.45) is 3.52. The molecule has 0 aliphatic heterocycles. The highest BCUT2D eigenvalue weighted by molar-refractivity contribution is 7.89. The summed E-state index contributed by atoms with van der Waals surface area (Å²) >= 11 is 0. The van der Waals surface area contributed by atoms with Crippen LogP contribution in [-0.2, 0) is 10.0 Å². The summed E-state index contributed by atoms with van der Waals surface area (Å²) in [5, 5.41) is 0.681. The van der Waals surface area contributed by atoms with Crippen LogP contribution in [0.15, 0.2) is 35.4 Å². The van der Waals surface area contributed by atoms with Crippen LogP contribution in [0.1, 0.15) is 18.4 Å². The summed E-state index contributed by atoms with van der Waals surface area (Å²) in [6.45, 7) is 2.63. The SMILES string of the molecule is Cc1ccc(S(=O)(=O)N(CCN)C2CC2)c2cccnc12. The van der Waals surface area contributed by atoms with Gasteiger partial charge in [-0.15, -0.1) is 0 Å². The molecule has 3 rings (SSSR count). The van der Waals surface area contributed by atoms with Crippen molar-refractivity contribution in [3.63, 3.8) is 0 Å². The highest BCUT2D eigenvalue weighted by atomic mass is 32.2. The Morgan fingerprint density at radius 1 is 1.33 bits per heavy atom. The molecule has 1 aromatic carbocycles. The fraction of sp³-hybridized carbons (Fsp3) is 0.400. The lowest BCUT2D eigenvalue weighted by molar-refractivity contribution is 0.412. The van der Waals surface area contributed by atoms with Crippen molar-refractivity contribution in [3.05, 3.63) is 36.0 Å². The molecular formula is C15H19N3O2S. The van der Waals surface area contributed by atoms with E-state index in [4.69, 9.17) is 5.73 Å². The third-order valence-corrected chi connectivity index (χ3v) is 5.83. The van der Waals surface area contributed by atoms with Crippen molar-refractivity contribution in [1.29, 1.82) is 0 Å². The summed E-state index contributed by atoms with van der Waals surface area (Å²) in [6, 6.07) is 7.18. The number of nitrogens with two attached hydrogens (primary N) is 1. The third kappa shape index (κ3) is 2.54. The zero-order valence-corrected chi connectivity index (χ0v) is 12.8. The van der Waals surface area contributed by atoms with E-state index >= 15 is 0 Å². The quantitative estimate of drug-likeness (QED) is 0.911. The minimum absolute atomic E-state index is 0.103. The molecule has 0 unspecified atom stereocenters. The molecule has 0 radical (unpaired) electrons. The Kier molecular flexibility index (Phi) is 3.69. The number of hydrogen-bond donors (Lipinski definition) is 1. The maximum atomic E-state index is 13.0. The second-order valence-corrected chi connectivity index (χ2v) is 7.27. The molecule has 112 valence electrons. The van der Waals surface area contributed by atoms with Crippen molar-refractivity contribution < 1.29 is 8.42 Å². The Bertz CT molecular complexity index is 770. The molecule has 21 heavy (non-hydrogen) atoms. The van der Waals surface area contributed by atoms with Gasteiger partial charge in [0.25, 0.3) is 0 Å². The van der Waals surface area contributed by atoms with Gasteiger partial charge in [-0.05, 0) is 43.5 Å². The van der Waals surface area contributed by atoms with E-state index in [2.05, 4.69) is 4.98 Å². The van der Waals surface area contributed by atoms with Crippen molar-refractivity contribution in [3.8, 4) is 0 Å². The van der Waals surface area contributed by atoms with Crippen LogP contribution in [0.5, 0.6) is 0 Å². The number of fused-ring (bicyclic) bond motifs is 1. The molecule has 6 heteroatoms. The number of pyridine rings is 1. The van der Waals surface area contributed by atoms with Gasteiger partial charge in [0.2, 0.25) is 10.0 Å². The monoisotopic (exact) mass is 305 g/mol. The number of nitrogens with zero attached hydrogens (tertiary/aromatic N) is 2. The number of aromatic nitrogens is 1. The van der Waals surface area contributed by atoms with Crippen molar-refractivity contribution in [2.45, 2.75) is 30.7 Å². The van der Waals surface area contributed by atoms with E-state index in [1.807, 2.05) is 19.1 Å². The van der Waals surface area contributed by atoms with Gasteiger partial charge in [-0.2, -0.15) is 4.31 Å². The fourth-order valence-electron chi connectivity index (χ4n) is 2.63. The van der Waals surface area contributed by atoms with Gasteiger partial charge in [0, 0.05) is 30.7 Å². The topological polar surface area (TPSA) is 76.3 Å². The fourth-order valence-corrected chi connectivity index (χ4v) is 4.51. The van der Waals surface area contributed by atoms with Crippen LogP contribution in [0.3, 0.4) is 0 Å². The highest BCUT2D eigenvalue weighted by Gasteiger charge is 2.38. The zero-order valence-electron chi connectivity index (χ0n) is 12.0. The van der Waals surface area contributed by atoms with Gasteiger partial charge in [0.15, 0.2) is 0 Å². The lowest BCUT2D eigenvalue weighted by Gasteiger charge is -2.22. The molecule has 0 atom stereocenters. The lowest BCUT2D eigenvalue weighted by Crippen LogP contribution is -2.37. The summed E-state index contributed by atoms with van der Waals surface area (Å²) in [5.74, 6) is 0. The average molecular weight is 305 g/mol. The van der Waals surface area contributed by atoms with Crippen LogP contribution < -0.4 is 5.73 Å². The molecule has 1 aromatic heterocycles. The standard InChI is InChI=1S/C15H19N3O2S/c1-11-4-7-14(13-3-2-9-17-15(11)13)21(19,20)18(10-8-16)12-5-6-12/h2-4,7,9,12H,5-6,8,10,16H2,1H3. The van der Waals surface area contributed by atoms with Gasteiger partial charge in [0.05, 0.1) is 10.4 Å². The summed E-state index contributed by atoms with van der Waals surface area (Å²) in [4.78, 5) is 4.64. The number of aryl methyl sites for hydroxylation is 1. The van der Waals surface area contributed by atoms with E-state index in [1.54, 1.807) is 22.6 Å². The first-order valence-corrected chi connectivity index (χ1v) is 8.56. The molecule has 1 fully saturated rings. The third-order valence-electron chi connectivity index (χ3n) is 3.82. The maximum Gasteiger partial charge on any atom is 0.244 e. The van der Waals surface area contributed by atoms with Crippen LogP contribution in [0, 0.1) is 6.92 Å². The number of sulfonamides is 1. The Hall–Kier alpha value is -1.50. The molecule has 1 heterocycles. The molecule has 1 aliphatic carbocycles. The average Bonchev–Trinajstić information content (AvgIpc) is 3.29. The first kappa shape index (κ1) is 14.4. The molecule has 2 aromatic rings. The minimum Gasteiger partial charge on any atom is -0.329 e. The molecule has 2 N–H and O–H groups in total. The molecular weight excluding hydrogens is 286 g/mol. The summed E-state index contributed by atoms with van der Waals surface area (Å²) in [7, 11) is -3.53. The Balaban J connectivity index is 2.17. The van der Waals surface area contributed by atoms with Crippen LogP contribution in [0.4, 0.5) is 0 Å².